The van der Waals surface area contributed by atoms with E-state index in [-0.39, 0.29) is 44.4 Å². The van der Waals surface area contributed by atoms with E-state index >= 15 is 0 Å². The van der Waals surface area contributed by atoms with Crippen LogP contribution >= 0.6 is 46.4 Å². The van der Waals surface area contributed by atoms with Crippen LogP contribution in [0.25, 0.3) is 0 Å². The summed E-state index contributed by atoms with van der Waals surface area (Å²) in [5.41, 5.74) is 0.529. The highest BCUT2D eigenvalue weighted by molar-refractivity contribution is 7.79. The molecular formula is C8H8Cl4O6S. The Bertz CT molecular complexity index is 487. The van der Waals surface area contributed by atoms with Gasteiger partial charge in [-0.15, -0.1) is 0 Å². The van der Waals surface area contributed by atoms with E-state index in [1.54, 1.807) is 0 Å². The Labute approximate surface area is 129 Å². The molecule has 0 unspecified atom stereocenters. The standard InChI is InChI=1S/C8H6Cl4O2.H2O4S/c9-5-3(1-13)6(10)8(12)4(2-14)7(5)11;1-5(2,3)4/h13-14H,1-2H2;(H2,1,2,3,4). The number of rotatable bonds is 2. The third-order valence-electron chi connectivity index (χ3n) is 1.76. The third kappa shape index (κ3) is 5.99. The average Bonchev–Trinajstić information content (AvgIpc) is 2.26. The van der Waals surface area contributed by atoms with Crippen molar-refractivity contribution in [2.75, 3.05) is 0 Å². The Morgan fingerprint density at radius 3 is 1.00 bits per heavy atom. The lowest BCUT2D eigenvalue weighted by molar-refractivity contribution is 0.278. The molecule has 0 heterocycles. The monoisotopic (exact) mass is 372 g/mol. The lowest BCUT2D eigenvalue weighted by atomic mass is 10.1. The molecule has 110 valence electrons. The average molecular weight is 374 g/mol. The van der Waals surface area contributed by atoms with E-state index in [1.807, 2.05) is 0 Å². The molecule has 0 spiro atoms. The molecule has 0 aliphatic carbocycles. The van der Waals surface area contributed by atoms with E-state index < -0.39 is 10.4 Å². The van der Waals surface area contributed by atoms with Crippen LogP contribution in [0.1, 0.15) is 11.1 Å². The molecule has 0 aliphatic rings. The maximum atomic E-state index is 8.96. The van der Waals surface area contributed by atoms with Gasteiger partial charge >= 0.3 is 10.4 Å². The Morgan fingerprint density at radius 2 is 0.895 bits per heavy atom. The second-order valence-corrected chi connectivity index (χ2v) is 5.38. The van der Waals surface area contributed by atoms with E-state index in [0.717, 1.165) is 0 Å². The second-order valence-electron chi connectivity index (χ2n) is 2.98. The summed E-state index contributed by atoms with van der Waals surface area (Å²) in [6.07, 6.45) is 0. The molecule has 11 heteroatoms. The van der Waals surface area contributed by atoms with Gasteiger partial charge in [0.1, 0.15) is 0 Å². The van der Waals surface area contributed by atoms with Crippen LogP contribution in [0.15, 0.2) is 0 Å². The molecule has 0 radical (unpaired) electrons. The van der Waals surface area contributed by atoms with Gasteiger partial charge < -0.3 is 10.2 Å². The van der Waals surface area contributed by atoms with Gasteiger partial charge in [-0.05, 0) is 0 Å². The normalized spacial score (nSPS) is 10.9. The van der Waals surface area contributed by atoms with Crippen LogP contribution in [0.4, 0.5) is 0 Å². The van der Waals surface area contributed by atoms with E-state index in [1.165, 1.54) is 0 Å². The first-order valence-corrected chi connectivity index (χ1v) is 7.20. The minimum absolute atomic E-state index is 0.118. The molecule has 1 rings (SSSR count). The molecule has 4 N–H and O–H groups in total. The highest BCUT2D eigenvalue weighted by atomic mass is 35.5. The van der Waals surface area contributed by atoms with Gasteiger partial charge in [0, 0.05) is 11.1 Å². The topological polar surface area (TPSA) is 115 Å². The maximum Gasteiger partial charge on any atom is 0.394 e. The number of halogens is 4. The van der Waals surface area contributed by atoms with E-state index in [9.17, 15) is 0 Å². The molecule has 0 saturated carbocycles. The summed E-state index contributed by atoms with van der Waals surface area (Å²) in [7, 11) is -4.67. The van der Waals surface area contributed by atoms with Gasteiger partial charge in [-0.2, -0.15) is 8.42 Å². The highest BCUT2D eigenvalue weighted by Gasteiger charge is 2.18. The maximum absolute atomic E-state index is 8.96. The van der Waals surface area contributed by atoms with Crippen LogP contribution in [0, 0.1) is 0 Å². The molecule has 0 amide bonds. The van der Waals surface area contributed by atoms with Gasteiger partial charge in [0.15, 0.2) is 0 Å². The van der Waals surface area contributed by atoms with Crippen molar-refractivity contribution in [1.82, 2.24) is 0 Å². The molecule has 1 aromatic carbocycles. The predicted octanol–water partition coefficient (Wildman–Crippen LogP) is 2.63. The summed E-state index contributed by atoms with van der Waals surface area (Å²) in [5, 5.41) is 18.4. The summed E-state index contributed by atoms with van der Waals surface area (Å²) in [5.74, 6) is 0. The lowest BCUT2D eigenvalue weighted by Gasteiger charge is -2.12. The second kappa shape index (κ2) is 7.82. The number of aliphatic hydroxyl groups excluding tert-OH is 2. The summed E-state index contributed by atoms with van der Waals surface area (Å²) in [4.78, 5) is 0. The third-order valence-corrected chi connectivity index (χ3v) is 3.62. The van der Waals surface area contributed by atoms with Crippen LogP contribution in [0.3, 0.4) is 0 Å². The summed E-state index contributed by atoms with van der Waals surface area (Å²) in [6.45, 7) is -0.717. The Balaban J connectivity index is 0.000000555. The van der Waals surface area contributed by atoms with Crippen molar-refractivity contribution in [3.63, 3.8) is 0 Å². The minimum atomic E-state index is -4.67. The van der Waals surface area contributed by atoms with E-state index in [4.69, 9.17) is 74.1 Å². The first-order valence-electron chi connectivity index (χ1n) is 4.29. The fraction of sp³-hybridized carbons (Fsp3) is 0.250. The quantitative estimate of drug-likeness (QED) is 0.468. The summed E-state index contributed by atoms with van der Waals surface area (Å²) >= 11 is 23.2. The van der Waals surface area contributed by atoms with Crippen LogP contribution in [-0.2, 0) is 23.6 Å². The molecule has 0 bridgehead atoms. The molecule has 0 fully saturated rings. The van der Waals surface area contributed by atoms with Crippen molar-refractivity contribution in [2.45, 2.75) is 13.2 Å². The number of benzene rings is 1. The first-order chi connectivity index (χ1) is 8.54. The van der Waals surface area contributed by atoms with Crippen molar-refractivity contribution >= 4 is 56.8 Å². The fourth-order valence-corrected chi connectivity index (χ4v) is 2.17. The summed E-state index contributed by atoms with van der Waals surface area (Å²) < 4.78 is 31.6. The SMILES string of the molecule is O=S(=O)(O)O.OCc1c(Cl)c(Cl)c(CO)c(Cl)c1Cl. The number of hydrogen-bond acceptors (Lipinski definition) is 4. The van der Waals surface area contributed by atoms with Crippen LogP contribution in [-0.4, -0.2) is 27.7 Å². The fourth-order valence-electron chi connectivity index (χ4n) is 1.00. The zero-order valence-electron chi connectivity index (χ0n) is 8.94. The van der Waals surface area contributed by atoms with Crippen molar-refractivity contribution in [1.29, 1.82) is 0 Å². The van der Waals surface area contributed by atoms with Crippen LogP contribution in [0.2, 0.25) is 20.1 Å². The van der Waals surface area contributed by atoms with Gasteiger partial charge in [-0.3, -0.25) is 9.11 Å². The molecule has 1 aromatic rings. The van der Waals surface area contributed by atoms with Crippen molar-refractivity contribution < 1.29 is 27.7 Å². The molecule has 6 nitrogen and oxygen atoms in total. The Kier molecular flexibility index (Phi) is 7.89. The van der Waals surface area contributed by atoms with Gasteiger partial charge in [0.05, 0.1) is 33.3 Å². The van der Waals surface area contributed by atoms with Crippen LogP contribution in [0.5, 0.6) is 0 Å². The Morgan fingerprint density at radius 1 is 0.737 bits per heavy atom. The zero-order valence-corrected chi connectivity index (χ0v) is 12.8. The van der Waals surface area contributed by atoms with Crippen molar-refractivity contribution in [3.8, 4) is 0 Å². The summed E-state index contributed by atoms with van der Waals surface area (Å²) in [6, 6.07) is 0. The highest BCUT2D eigenvalue weighted by Crippen LogP contribution is 2.41. The van der Waals surface area contributed by atoms with Gasteiger partial charge in [0.25, 0.3) is 0 Å². The number of hydrogen-bond donors (Lipinski definition) is 4. The smallest absolute Gasteiger partial charge is 0.392 e. The molecular weight excluding hydrogens is 366 g/mol. The molecule has 0 atom stereocenters. The van der Waals surface area contributed by atoms with E-state index in [0.29, 0.717) is 0 Å². The molecule has 0 saturated heterocycles. The number of aliphatic hydroxyl groups is 2. The van der Waals surface area contributed by atoms with Crippen molar-refractivity contribution in [2.24, 2.45) is 0 Å². The molecule has 0 aliphatic heterocycles. The van der Waals surface area contributed by atoms with Gasteiger partial charge in [-0.1, -0.05) is 46.4 Å². The lowest BCUT2D eigenvalue weighted by Crippen LogP contribution is -1.95. The van der Waals surface area contributed by atoms with Gasteiger partial charge in [-0.25, -0.2) is 0 Å². The Hall–Kier alpha value is 0.170. The first kappa shape index (κ1) is 19.2. The zero-order chi connectivity index (χ0) is 15.4. The largest absolute Gasteiger partial charge is 0.394 e. The molecule has 19 heavy (non-hydrogen) atoms. The van der Waals surface area contributed by atoms with Gasteiger partial charge in [0.2, 0.25) is 0 Å². The van der Waals surface area contributed by atoms with Crippen LogP contribution < -0.4 is 0 Å². The predicted molar refractivity (Wildman–Crippen MR) is 72.5 cm³/mol. The van der Waals surface area contributed by atoms with E-state index in [2.05, 4.69) is 0 Å². The minimum Gasteiger partial charge on any atom is -0.392 e. The van der Waals surface area contributed by atoms with Crippen molar-refractivity contribution in [3.05, 3.63) is 31.2 Å². The molecule has 0 aromatic heterocycles.